The summed E-state index contributed by atoms with van der Waals surface area (Å²) in [5.41, 5.74) is 1.63. The summed E-state index contributed by atoms with van der Waals surface area (Å²) in [4.78, 5) is 0. The molecule has 106 valence electrons. The van der Waals surface area contributed by atoms with E-state index in [0.717, 1.165) is 22.8 Å². The van der Waals surface area contributed by atoms with E-state index in [-0.39, 0.29) is 5.56 Å². The minimum Gasteiger partial charge on any atom is -0.206 e. The van der Waals surface area contributed by atoms with Gasteiger partial charge in [0.2, 0.25) is 0 Å². The molecule has 0 atom stereocenters. The van der Waals surface area contributed by atoms with Gasteiger partial charge in [0.15, 0.2) is 0 Å². The van der Waals surface area contributed by atoms with E-state index in [1.807, 2.05) is 32.0 Å². The number of rotatable bonds is 1. The highest BCUT2D eigenvalue weighted by Crippen LogP contribution is 2.37. The van der Waals surface area contributed by atoms with E-state index in [9.17, 15) is 17.6 Å². The summed E-state index contributed by atoms with van der Waals surface area (Å²) in [6.07, 6.45) is -4.69. The summed E-state index contributed by atoms with van der Waals surface area (Å²) in [5.74, 6) is -1.20. The smallest absolute Gasteiger partial charge is 0.206 e. The Morgan fingerprint density at radius 1 is 0.850 bits per heavy atom. The first-order valence-electron chi connectivity index (χ1n) is 6.15. The van der Waals surface area contributed by atoms with Crippen LogP contribution in [0.2, 0.25) is 0 Å². The number of halogens is 4. The highest BCUT2D eigenvalue weighted by molar-refractivity contribution is 5.72. The van der Waals surface area contributed by atoms with Crippen LogP contribution in [-0.2, 0) is 6.18 Å². The Labute approximate surface area is 115 Å². The Morgan fingerprint density at radius 2 is 1.40 bits per heavy atom. The van der Waals surface area contributed by atoms with E-state index in [2.05, 4.69) is 0 Å². The normalized spacial score (nSPS) is 11.8. The van der Waals surface area contributed by atoms with Crippen molar-refractivity contribution < 1.29 is 17.6 Å². The number of aryl methyl sites for hydroxylation is 3. The molecule has 0 saturated heterocycles. The fourth-order valence-electron chi connectivity index (χ4n) is 2.39. The number of hydrogen-bond acceptors (Lipinski definition) is 0. The van der Waals surface area contributed by atoms with Gasteiger partial charge in [-0.25, -0.2) is 4.39 Å². The van der Waals surface area contributed by atoms with Crippen molar-refractivity contribution in [2.75, 3.05) is 0 Å². The lowest BCUT2D eigenvalue weighted by atomic mass is 9.93. The molecule has 0 aromatic heterocycles. The predicted octanol–water partition coefficient (Wildman–Crippen LogP) is 5.44. The first kappa shape index (κ1) is 14.6. The van der Waals surface area contributed by atoms with Gasteiger partial charge >= 0.3 is 6.18 Å². The molecule has 0 saturated carbocycles. The lowest BCUT2D eigenvalue weighted by molar-refractivity contribution is -0.140. The third-order valence-corrected chi connectivity index (χ3v) is 3.33. The van der Waals surface area contributed by atoms with Crippen molar-refractivity contribution in [2.45, 2.75) is 26.9 Å². The Morgan fingerprint density at radius 3 is 1.90 bits per heavy atom. The van der Waals surface area contributed by atoms with Crippen molar-refractivity contribution in [1.82, 2.24) is 0 Å². The van der Waals surface area contributed by atoms with Crippen LogP contribution in [0.15, 0.2) is 30.3 Å². The van der Waals surface area contributed by atoms with Crippen LogP contribution in [0.25, 0.3) is 11.1 Å². The van der Waals surface area contributed by atoms with E-state index in [1.165, 1.54) is 13.0 Å². The lowest BCUT2D eigenvalue weighted by Gasteiger charge is -2.15. The maximum absolute atomic E-state index is 13.7. The zero-order valence-corrected chi connectivity index (χ0v) is 11.4. The van der Waals surface area contributed by atoms with Crippen LogP contribution in [-0.4, -0.2) is 0 Å². The molecule has 2 aromatic carbocycles. The van der Waals surface area contributed by atoms with Crippen molar-refractivity contribution in [3.05, 3.63) is 58.4 Å². The summed E-state index contributed by atoms with van der Waals surface area (Å²) in [5, 5.41) is 0. The highest BCUT2D eigenvalue weighted by atomic mass is 19.4. The zero-order chi connectivity index (χ0) is 15.1. The van der Waals surface area contributed by atoms with E-state index in [0.29, 0.717) is 5.56 Å². The van der Waals surface area contributed by atoms with Gasteiger partial charge in [-0.3, -0.25) is 0 Å². The standard InChI is InChI=1S/C16H14F4/c1-9-5-4-6-10(2)14(9)12-7-11(3)15(17)13(8-12)16(18,19)20/h4-8H,1-3H3. The Balaban J connectivity index is 2.74. The Hall–Kier alpha value is -1.84. The van der Waals surface area contributed by atoms with Crippen LogP contribution >= 0.6 is 0 Å². The van der Waals surface area contributed by atoms with Gasteiger partial charge in [0.1, 0.15) is 5.82 Å². The Bertz CT molecular complexity index is 634. The van der Waals surface area contributed by atoms with Crippen molar-refractivity contribution in [2.24, 2.45) is 0 Å². The van der Waals surface area contributed by atoms with Gasteiger partial charge in [-0.1, -0.05) is 18.2 Å². The molecule has 0 aliphatic carbocycles. The predicted molar refractivity (Wildman–Crippen MR) is 71.0 cm³/mol. The SMILES string of the molecule is Cc1cc(-c2c(C)cccc2C)cc(C(F)(F)F)c1F. The van der Waals surface area contributed by atoms with Gasteiger partial charge in [-0.2, -0.15) is 13.2 Å². The number of alkyl halides is 3. The van der Waals surface area contributed by atoms with E-state index in [1.54, 1.807) is 0 Å². The zero-order valence-electron chi connectivity index (χ0n) is 11.4. The molecule has 2 aromatic rings. The molecule has 0 nitrogen and oxygen atoms in total. The maximum Gasteiger partial charge on any atom is 0.419 e. The van der Waals surface area contributed by atoms with Crippen LogP contribution in [0.4, 0.5) is 17.6 Å². The number of benzene rings is 2. The summed E-state index contributed by atoms with van der Waals surface area (Å²) in [6.45, 7) is 5.00. The topological polar surface area (TPSA) is 0 Å². The highest BCUT2D eigenvalue weighted by Gasteiger charge is 2.35. The molecule has 0 spiro atoms. The van der Waals surface area contributed by atoms with Gasteiger partial charge in [-0.15, -0.1) is 0 Å². The molecule has 20 heavy (non-hydrogen) atoms. The average molecular weight is 282 g/mol. The molecule has 2 rings (SSSR count). The molecule has 0 aliphatic heterocycles. The first-order valence-corrected chi connectivity index (χ1v) is 6.15. The third-order valence-electron chi connectivity index (χ3n) is 3.33. The monoisotopic (exact) mass is 282 g/mol. The molecular weight excluding hydrogens is 268 g/mol. The minimum atomic E-state index is -4.69. The molecule has 0 radical (unpaired) electrons. The molecule has 0 heterocycles. The summed E-state index contributed by atoms with van der Waals surface area (Å²) < 4.78 is 52.3. The second kappa shape index (κ2) is 4.93. The molecule has 4 heteroatoms. The van der Waals surface area contributed by atoms with E-state index in [4.69, 9.17) is 0 Å². The van der Waals surface area contributed by atoms with E-state index < -0.39 is 17.6 Å². The fourth-order valence-corrected chi connectivity index (χ4v) is 2.39. The van der Waals surface area contributed by atoms with E-state index >= 15 is 0 Å². The van der Waals surface area contributed by atoms with Crippen molar-refractivity contribution in [3.8, 4) is 11.1 Å². The molecule has 0 unspecified atom stereocenters. The summed E-state index contributed by atoms with van der Waals surface area (Å²) in [6, 6.07) is 7.84. The van der Waals surface area contributed by atoms with Crippen molar-refractivity contribution in [3.63, 3.8) is 0 Å². The average Bonchev–Trinajstić information content (AvgIpc) is 2.31. The second-order valence-electron chi connectivity index (χ2n) is 4.92. The summed E-state index contributed by atoms with van der Waals surface area (Å²) >= 11 is 0. The van der Waals surface area contributed by atoms with Crippen molar-refractivity contribution in [1.29, 1.82) is 0 Å². The molecule has 0 bridgehead atoms. The van der Waals surface area contributed by atoms with Gasteiger partial charge < -0.3 is 0 Å². The molecule has 0 aliphatic rings. The first-order chi connectivity index (χ1) is 9.21. The molecule has 0 fully saturated rings. The lowest BCUT2D eigenvalue weighted by Crippen LogP contribution is -2.10. The quantitative estimate of drug-likeness (QED) is 0.611. The van der Waals surface area contributed by atoms with Crippen LogP contribution in [0, 0.1) is 26.6 Å². The van der Waals surface area contributed by atoms with Crippen LogP contribution in [0.1, 0.15) is 22.3 Å². The van der Waals surface area contributed by atoms with Crippen LogP contribution in [0.3, 0.4) is 0 Å². The van der Waals surface area contributed by atoms with Gasteiger partial charge in [-0.05, 0) is 60.7 Å². The fraction of sp³-hybridized carbons (Fsp3) is 0.250. The van der Waals surface area contributed by atoms with Gasteiger partial charge in [0.25, 0.3) is 0 Å². The third kappa shape index (κ3) is 2.55. The molecular formula is C16H14F4. The molecule has 0 amide bonds. The van der Waals surface area contributed by atoms with Gasteiger partial charge in [0, 0.05) is 0 Å². The maximum atomic E-state index is 13.7. The largest absolute Gasteiger partial charge is 0.419 e. The van der Waals surface area contributed by atoms with Crippen molar-refractivity contribution >= 4 is 0 Å². The summed E-state index contributed by atoms with van der Waals surface area (Å²) in [7, 11) is 0. The second-order valence-corrected chi connectivity index (χ2v) is 4.92. The van der Waals surface area contributed by atoms with Gasteiger partial charge in [0.05, 0.1) is 5.56 Å². The molecule has 0 N–H and O–H groups in total. The Kier molecular flexibility index (Phi) is 3.59. The van der Waals surface area contributed by atoms with Crippen LogP contribution in [0.5, 0.6) is 0 Å². The minimum absolute atomic E-state index is 0.00234. The number of hydrogen-bond donors (Lipinski definition) is 0. The van der Waals surface area contributed by atoms with Crippen LogP contribution < -0.4 is 0 Å².